The van der Waals surface area contributed by atoms with Gasteiger partial charge in [0.2, 0.25) is 0 Å². The first-order valence-electron chi connectivity index (χ1n) is 4.37. The highest BCUT2D eigenvalue weighted by Crippen LogP contribution is 2.43. The first-order valence-corrected chi connectivity index (χ1v) is 5.57. The van der Waals surface area contributed by atoms with E-state index in [9.17, 15) is 0 Å². The third-order valence-corrected chi connectivity index (χ3v) is 3.42. The van der Waals surface area contributed by atoms with Crippen LogP contribution in [0.1, 0.15) is 0 Å². The second-order valence-electron chi connectivity index (χ2n) is 3.10. The van der Waals surface area contributed by atoms with Crippen LogP contribution in [0.25, 0.3) is 0 Å². The van der Waals surface area contributed by atoms with Crippen LogP contribution >= 0.6 is 23.4 Å². The van der Waals surface area contributed by atoms with Crippen LogP contribution in [0.4, 0.5) is 11.5 Å². The molecule has 0 radical (unpaired) electrons. The number of fused-ring (bicyclic) bond motifs is 2. The standard InChI is InChI=1S/C10H6ClN3S/c11-6-1-2-8-7(3-6)14-10-9(15-8)4-12-5-13-10/h1-5H,(H,12,13,14). The van der Waals surface area contributed by atoms with Gasteiger partial charge in [0.15, 0.2) is 0 Å². The average Bonchev–Trinajstić information content (AvgIpc) is 2.26. The fourth-order valence-corrected chi connectivity index (χ4v) is 2.50. The van der Waals surface area contributed by atoms with E-state index in [1.54, 1.807) is 18.0 Å². The van der Waals surface area contributed by atoms with Crippen LogP contribution in [0.5, 0.6) is 0 Å². The van der Waals surface area contributed by atoms with E-state index in [0.717, 1.165) is 26.3 Å². The number of anilines is 2. The lowest BCUT2D eigenvalue weighted by molar-refractivity contribution is 1.09. The predicted octanol–water partition coefficient (Wildman–Crippen LogP) is 3.34. The van der Waals surface area contributed by atoms with Crippen LogP contribution in [0.2, 0.25) is 5.02 Å². The summed E-state index contributed by atoms with van der Waals surface area (Å²) in [7, 11) is 0. The molecule has 1 aromatic carbocycles. The molecule has 3 rings (SSSR count). The van der Waals surface area contributed by atoms with Crippen molar-refractivity contribution in [3.63, 3.8) is 0 Å². The Morgan fingerprint density at radius 3 is 3.13 bits per heavy atom. The molecule has 0 saturated heterocycles. The molecular formula is C10H6ClN3S. The van der Waals surface area contributed by atoms with Gasteiger partial charge in [0.25, 0.3) is 0 Å². The molecule has 1 N–H and O–H groups in total. The van der Waals surface area contributed by atoms with E-state index in [4.69, 9.17) is 11.6 Å². The Bertz CT molecular complexity index is 530. The number of halogens is 1. The highest BCUT2D eigenvalue weighted by atomic mass is 35.5. The van der Waals surface area contributed by atoms with Gasteiger partial charge in [-0.25, -0.2) is 9.97 Å². The Morgan fingerprint density at radius 1 is 1.27 bits per heavy atom. The minimum absolute atomic E-state index is 0.722. The van der Waals surface area contributed by atoms with Gasteiger partial charge in [-0.2, -0.15) is 0 Å². The van der Waals surface area contributed by atoms with E-state index >= 15 is 0 Å². The van der Waals surface area contributed by atoms with Crippen LogP contribution < -0.4 is 5.32 Å². The van der Waals surface area contributed by atoms with Crippen molar-refractivity contribution in [1.82, 2.24) is 9.97 Å². The summed E-state index contributed by atoms with van der Waals surface area (Å²) < 4.78 is 0. The minimum Gasteiger partial charge on any atom is -0.338 e. The molecule has 2 heterocycles. The quantitative estimate of drug-likeness (QED) is 0.649. The number of hydrogen-bond donors (Lipinski definition) is 1. The van der Waals surface area contributed by atoms with E-state index in [2.05, 4.69) is 15.3 Å². The third kappa shape index (κ3) is 1.56. The van der Waals surface area contributed by atoms with Crippen molar-refractivity contribution in [3.05, 3.63) is 35.7 Å². The number of hydrogen-bond acceptors (Lipinski definition) is 4. The second-order valence-corrected chi connectivity index (χ2v) is 4.62. The van der Waals surface area contributed by atoms with Crippen molar-refractivity contribution in [1.29, 1.82) is 0 Å². The topological polar surface area (TPSA) is 37.8 Å². The number of benzene rings is 1. The lowest BCUT2D eigenvalue weighted by Gasteiger charge is -2.18. The summed E-state index contributed by atoms with van der Waals surface area (Å²) >= 11 is 7.57. The summed E-state index contributed by atoms with van der Waals surface area (Å²) in [6, 6.07) is 5.77. The predicted molar refractivity (Wildman–Crippen MR) is 60.9 cm³/mol. The number of rotatable bonds is 0. The van der Waals surface area contributed by atoms with Gasteiger partial charge in [0.05, 0.1) is 10.6 Å². The van der Waals surface area contributed by atoms with Crippen molar-refractivity contribution in [2.75, 3.05) is 5.32 Å². The monoisotopic (exact) mass is 235 g/mol. The van der Waals surface area contributed by atoms with Crippen LogP contribution in [0.3, 0.4) is 0 Å². The molecule has 0 saturated carbocycles. The molecular weight excluding hydrogens is 230 g/mol. The number of nitrogens with one attached hydrogen (secondary N) is 1. The van der Waals surface area contributed by atoms with E-state index in [-0.39, 0.29) is 0 Å². The Labute approximate surface area is 95.9 Å². The van der Waals surface area contributed by atoms with Crippen molar-refractivity contribution in [3.8, 4) is 0 Å². The molecule has 2 aromatic rings. The largest absolute Gasteiger partial charge is 0.338 e. The molecule has 1 aliphatic rings. The molecule has 1 aromatic heterocycles. The molecule has 15 heavy (non-hydrogen) atoms. The van der Waals surface area contributed by atoms with Crippen LogP contribution in [-0.2, 0) is 0 Å². The van der Waals surface area contributed by atoms with E-state index in [1.807, 2.05) is 18.2 Å². The van der Waals surface area contributed by atoms with Gasteiger partial charge in [-0.05, 0) is 18.2 Å². The zero-order valence-electron chi connectivity index (χ0n) is 7.57. The summed E-state index contributed by atoms with van der Waals surface area (Å²) in [4.78, 5) is 10.3. The van der Waals surface area contributed by atoms with Crippen molar-refractivity contribution in [2.24, 2.45) is 0 Å². The SMILES string of the molecule is Clc1ccc2c(c1)Nc1ncncc1S2. The van der Waals surface area contributed by atoms with Gasteiger partial charge in [0.1, 0.15) is 12.1 Å². The molecule has 0 unspecified atom stereocenters. The molecule has 1 aliphatic heterocycles. The highest BCUT2D eigenvalue weighted by molar-refractivity contribution is 7.99. The summed E-state index contributed by atoms with van der Waals surface area (Å²) in [6.45, 7) is 0. The van der Waals surface area contributed by atoms with Gasteiger partial charge in [0, 0.05) is 16.1 Å². The Morgan fingerprint density at radius 2 is 2.20 bits per heavy atom. The molecule has 0 amide bonds. The van der Waals surface area contributed by atoms with E-state index in [1.165, 1.54) is 6.33 Å². The zero-order chi connectivity index (χ0) is 10.3. The Balaban J connectivity index is 2.11. The minimum atomic E-state index is 0.722. The van der Waals surface area contributed by atoms with Crippen molar-refractivity contribution < 1.29 is 0 Å². The number of nitrogens with zero attached hydrogens (tertiary/aromatic N) is 2. The van der Waals surface area contributed by atoms with Gasteiger partial charge < -0.3 is 5.32 Å². The fourth-order valence-electron chi connectivity index (χ4n) is 1.42. The van der Waals surface area contributed by atoms with Crippen molar-refractivity contribution >= 4 is 34.9 Å². The maximum Gasteiger partial charge on any atom is 0.147 e. The molecule has 0 aliphatic carbocycles. The van der Waals surface area contributed by atoms with Crippen LogP contribution in [-0.4, -0.2) is 9.97 Å². The van der Waals surface area contributed by atoms with Crippen molar-refractivity contribution in [2.45, 2.75) is 9.79 Å². The second kappa shape index (κ2) is 3.40. The molecule has 0 fully saturated rings. The first kappa shape index (κ1) is 9.00. The maximum absolute atomic E-state index is 5.92. The average molecular weight is 236 g/mol. The smallest absolute Gasteiger partial charge is 0.147 e. The van der Waals surface area contributed by atoms with Gasteiger partial charge in [-0.3, -0.25) is 0 Å². The summed E-state index contributed by atoms with van der Waals surface area (Å²) in [5.74, 6) is 0.838. The van der Waals surface area contributed by atoms with Crippen LogP contribution in [0.15, 0.2) is 40.5 Å². The van der Waals surface area contributed by atoms with Gasteiger partial charge in [-0.15, -0.1) is 0 Å². The van der Waals surface area contributed by atoms with E-state index in [0.29, 0.717) is 0 Å². The summed E-state index contributed by atoms with van der Waals surface area (Å²) in [6.07, 6.45) is 3.33. The molecule has 5 heteroatoms. The lowest BCUT2D eigenvalue weighted by Crippen LogP contribution is -2.02. The number of aromatic nitrogens is 2. The van der Waals surface area contributed by atoms with Gasteiger partial charge >= 0.3 is 0 Å². The maximum atomic E-state index is 5.92. The normalized spacial score (nSPS) is 12.6. The highest BCUT2D eigenvalue weighted by Gasteiger charge is 2.16. The first-order chi connectivity index (χ1) is 7.33. The molecule has 0 spiro atoms. The third-order valence-electron chi connectivity index (χ3n) is 2.09. The Hall–Kier alpha value is -1.26. The zero-order valence-corrected chi connectivity index (χ0v) is 9.14. The lowest BCUT2D eigenvalue weighted by atomic mass is 10.3. The molecule has 0 atom stereocenters. The van der Waals surface area contributed by atoms with E-state index < -0.39 is 0 Å². The molecule has 3 nitrogen and oxygen atoms in total. The fraction of sp³-hybridized carbons (Fsp3) is 0. The van der Waals surface area contributed by atoms with Crippen LogP contribution in [0, 0.1) is 0 Å². The molecule has 0 bridgehead atoms. The summed E-state index contributed by atoms with van der Waals surface area (Å²) in [5.41, 5.74) is 0.999. The Kier molecular flexibility index (Phi) is 2.04. The molecule has 74 valence electrons. The summed E-state index contributed by atoms with van der Waals surface area (Å²) in [5, 5.41) is 3.95. The van der Waals surface area contributed by atoms with Gasteiger partial charge in [-0.1, -0.05) is 23.4 Å².